The lowest BCUT2D eigenvalue weighted by Gasteiger charge is -2.17. The van der Waals surface area contributed by atoms with Crippen molar-refractivity contribution in [3.8, 4) is 5.75 Å². The number of carbonyl (C=O) groups excluding carboxylic acids is 2. The van der Waals surface area contributed by atoms with Gasteiger partial charge in [-0.15, -0.1) is 0 Å². The third-order valence-corrected chi connectivity index (χ3v) is 2.78. The molecule has 8 heteroatoms. The van der Waals surface area contributed by atoms with Gasteiger partial charge >= 0.3 is 12.6 Å². The third-order valence-electron chi connectivity index (χ3n) is 2.78. The molecule has 0 unspecified atom stereocenters. The summed E-state index contributed by atoms with van der Waals surface area (Å²) in [5.41, 5.74) is 5.65. The van der Waals surface area contributed by atoms with Crippen LogP contribution >= 0.6 is 0 Å². The molecule has 0 heterocycles. The van der Waals surface area contributed by atoms with Crippen molar-refractivity contribution in [1.29, 1.82) is 0 Å². The molecule has 3 amide bonds. The average Bonchev–Trinajstić information content (AvgIpc) is 2.37. The topological polar surface area (TPSA) is 84.7 Å². The maximum Gasteiger partial charge on any atom is 0.387 e. The third kappa shape index (κ3) is 7.53. The van der Waals surface area contributed by atoms with E-state index in [2.05, 4.69) is 4.74 Å². The van der Waals surface area contributed by atoms with E-state index >= 15 is 0 Å². The van der Waals surface area contributed by atoms with Crippen LogP contribution in [-0.4, -0.2) is 37.0 Å². The van der Waals surface area contributed by atoms with E-state index in [4.69, 9.17) is 5.73 Å². The Kier molecular flexibility index (Phi) is 7.24. The molecule has 0 aliphatic carbocycles. The second kappa shape index (κ2) is 8.93. The Morgan fingerprint density at radius 3 is 2.77 bits per heavy atom. The largest absolute Gasteiger partial charge is 0.435 e. The average molecular weight is 315 g/mol. The molecule has 3 N–H and O–H groups in total. The Labute approximate surface area is 127 Å². The minimum Gasteiger partial charge on any atom is -0.435 e. The second-order valence-electron chi connectivity index (χ2n) is 4.78. The van der Waals surface area contributed by atoms with Gasteiger partial charge in [-0.05, 0) is 37.7 Å². The first-order valence-corrected chi connectivity index (χ1v) is 6.68. The number of urea groups is 1. The van der Waals surface area contributed by atoms with E-state index in [1.54, 1.807) is 18.2 Å². The fourth-order valence-electron chi connectivity index (χ4n) is 1.92. The number of rotatable bonds is 8. The molecular formula is C14H19F2N3O3. The van der Waals surface area contributed by atoms with E-state index in [1.807, 2.05) is 17.3 Å². The Morgan fingerprint density at radius 1 is 1.41 bits per heavy atom. The summed E-state index contributed by atoms with van der Waals surface area (Å²) in [6.45, 7) is -1.72. The molecule has 0 bridgehead atoms. The van der Waals surface area contributed by atoms with Crippen molar-refractivity contribution in [2.45, 2.75) is 26.0 Å². The van der Waals surface area contributed by atoms with Gasteiger partial charge < -0.3 is 15.4 Å². The van der Waals surface area contributed by atoms with E-state index in [0.717, 1.165) is 5.56 Å². The molecule has 22 heavy (non-hydrogen) atoms. The summed E-state index contributed by atoms with van der Waals surface area (Å²) in [6, 6.07) is 5.58. The highest BCUT2D eigenvalue weighted by atomic mass is 19.3. The monoisotopic (exact) mass is 315 g/mol. The minimum atomic E-state index is -2.85. The number of nitrogens with zero attached hydrogens (tertiary/aromatic N) is 1. The van der Waals surface area contributed by atoms with Crippen molar-refractivity contribution >= 4 is 11.9 Å². The lowest BCUT2D eigenvalue weighted by atomic mass is 10.2. The van der Waals surface area contributed by atoms with Crippen LogP contribution in [0.2, 0.25) is 0 Å². The van der Waals surface area contributed by atoms with Crippen molar-refractivity contribution in [2.24, 2.45) is 5.73 Å². The standard InChI is InChI=1S/C14H19F2N3O3/c1-19(7-3-6-12(20)18-14(17)21)9-10-4-2-5-11(8-10)22-13(15)16/h2,4-5,8,13H,3,6-7,9H2,1H3,(H3,17,18,20,21). The summed E-state index contributed by atoms with van der Waals surface area (Å²) in [5.74, 6) is -0.310. The van der Waals surface area contributed by atoms with Crippen LogP contribution in [0, 0.1) is 0 Å². The van der Waals surface area contributed by atoms with E-state index in [9.17, 15) is 18.4 Å². The number of primary amides is 1. The van der Waals surface area contributed by atoms with Gasteiger partial charge in [0.05, 0.1) is 0 Å². The SMILES string of the molecule is CN(CCCC(=O)NC(N)=O)Cc1cccc(OC(F)F)c1. The lowest BCUT2D eigenvalue weighted by molar-refractivity contribution is -0.120. The van der Waals surface area contributed by atoms with Crippen molar-refractivity contribution in [3.05, 3.63) is 29.8 Å². The summed E-state index contributed by atoms with van der Waals surface area (Å²) in [4.78, 5) is 23.6. The first kappa shape index (κ1) is 17.8. The highest BCUT2D eigenvalue weighted by molar-refractivity contribution is 5.93. The maximum absolute atomic E-state index is 12.1. The lowest BCUT2D eigenvalue weighted by Crippen LogP contribution is -2.35. The highest BCUT2D eigenvalue weighted by Gasteiger charge is 2.08. The summed E-state index contributed by atoms with van der Waals surface area (Å²) in [6.07, 6.45) is 0.727. The molecular weight excluding hydrogens is 296 g/mol. The van der Waals surface area contributed by atoms with Crippen LogP contribution < -0.4 is 15.8 Å². The Bertz CT molecular complexity index is 512. The van der Waals surface area contributed by atoms with E-state index in [0.29, 0.717) is 19.5 Å². The molecule has 6 nitrogen and oxygen atoms in total. The van der Waals surface area contributed by atoms with Gasteiger partial charge in [0, 0.05) is 13.0 Å². The maximum atomic E-state index is 12.1. The Balaban J connectivity index is 2.37. The first-order chi connectivity index (χ1) is 10.4. The zero-order chi connectivity index (χ0) is 16.5. The Morgan fingerprint density at radius 2 is 2.14 bits per heavy atom. The first-order valence-electron chi connectivity index (χ1n) is 6.68. The molecule has 0 radical (unpaired) electrons. The smallest absolute Gasteiger partial charge is 0.387 e. The van der Waals surface area contributed by atoms with Gasteiger partial charge in [0.15, 0.2) is 0 Å². The van der Waals surface area contributed by atoms with E-state index < -0.39 is 18.5 Å². The zero-order valence-corrected chi connectivity index (χ0v) is 12.2. The number of hydrogen-bond acceptors (Lipinski definition) is 4. The summed E-state index contributed by atoms with van der Waals surface area (Å²) < 4.78 is 28.6. The number of amides is 3. The Hall–Kier alpha value is -2.22. The number of nitrogens with two attached hydrogens (primary N) is 1. The molecule has 0 saturated carbocycles. The van der Waals surface area contributed by atoms with Gasteiger partial charge in [0.25, 0.3) is 0 Å². The van der Waals surface area contributed by atoms with E-state index in [-0.39, 0.29) is 12.2 Å². The number of imide groups is 1. The van der Waals surface area contributed by atoms with Crippen molar-refractivity contribution in [1.82, 2.24) is 10.2 Å². The molecule has 0 atom stereocenters. The fourth-order valence-corrected chi connectivity index (χ4v) is 1.92. The molecule has 122 valence electrons. The predicted molar refractivity (Wildman–Crippen MR) is 76.4 cm³/mol. The van der Waals surface area contributed by atoms with Crippen LogP contribution in [0.15, 0.2) is 24.3 Å². The number of hydrogen-bond donors (Lipinski definition) is 2. The molecule has 0 fully saturated rings. The number of halogens is 2. The van der Waals surface area contributed by atoms with Crippen molar-refractivity contribution < 1.29 is 23.1 Å². The quantitative estimate of drug-likeness (QED) is 0.764. The molecule has 0 aliphatic rings. The van der Waals surface area contributed by atoms with E-state index in [1.165, 1.54) is 6.07 Å². The molecule has 0 saturated heterocycles. The zero-order valence-electron chi connectivity index (χ0n) is 12.2. The van der Waals surface area contributed by atoms with Crippen molar-refractivity contribution in [2.75, 3.05) is 13.6 Å². The van der Waals surface area contributed by atoms with Gasteiger partial charge in [0.2, 0.25) is 5.91 Å². The van der Waals surface area contributed by atoms with Gasteiger partial charge in [-0.25, -0.2) is 4.79 Å². The minimum absolute atomic E-state index is 0.113. The summed E-state index contributed by atoms with van der Waals surface area (Å²) >= 11 is 0. The highest BCUT2D eigenvalue weighted by Crippen LogP contribution is 2.17. The number of carbonyl (C=O) groups is 2. The molecule has 1 aromatic rings. The molecule has 1 rings (SSSR count). The van der Waals surface area contributed by atoms with Crippen LogP contribution in [0.5, 0.6) is 5.75 Å². The molecule has 1 aromatic carbocycles. The predicted octanol–water partition coefficient (Wildman–Crippen LogP) is 1.69. The number of ether oxygens (including phenoxy) is 1. The molecule has 0 spiro atoms. The van der Waals surface area contributed by atoms with Crippen LogP contribution in [0.3, 0.4) is 0 Å². The second-order valence-corrected chi connectivity index (χ2v) is 4.78. The number of alkyl halides is 2. The normalized spacial score (nSPS) is 10.8. The summed E-state index contributed by atoms with van der Waals surface area (Å²) in [5, 5.41) is 1.99. The van der Waals surface area contributed by atoms with Gasteiger partial charge in [-0.1, -0.05) is 12.1 Å². The van der Waals surface area contributed by atoms with Crippen LogP contribution in [-0.2, 0) is 11.3 Å². The summed E-state index contributed by atoms with van der Waals surface area (Å²) in [7, 11) is 1.84. The van der Waals surface area contributed by atoms with Crippen molar-refractivity contribution in [3.63, 3.8) is 0 Å². The number of nitrogens with one attached hydrogen (secondary N) is 1. The van der Waals surface area contributed by atoms with Gasteiger partial charge in [-0.2, -0.15) is 8.78 Å². The van der Waals surface area contributed by atoms with Crippen LogP contribution in [0.4, 0.5) is 13.6 Å². The molecule has 0 aromatic heterocycles. The van der Waals surface area contributed by atoms with Gasteiger partial charge in [0.1, 0.15) is 5.75 Å². The van der Waals surface area contributed by atoms with Crippen LogP contribution in [0.25, 0.3) is 0 Å². The molecule has 0 aliphatic heterocycles. The number of benzene rings is 1. The van der Waals surface area contributed by atoms with Crippen LogP contribution in [0.1, 0.15) is 18.4 Å². The van der Waals surface area contributed by atoms with Gasteiger partial charge in [-0.3, -0.25) is 10.1 Å². The fraction of sp³-hybridized carbons (Fsp3) is 0.429.